The van der Waals surface area contributed by atoms with Gasteiger partial charge in [-0.1, -0.05) is 11.6 Å². The van der Waals surface area contributed by atoms with Crippen molar-refractivity contribution in [1.29, 1.82) is 0 Å². The summed E-state index contributed by atoms with van der Waals surface area (Å²) in [6.45, 7) is 1.61. The highest BCUT2D eigenvalue weighted by atomic mass is 35.5. The highest BCUT2D eigenvalue weighted by molar-refractivity contribution is 7.98. The van der Waals surface area contributed by atoms with Crippen molar-refractivity contribution < 1.29 is 9.18 Å². The molecular weight excluding hydrogens is 283 g/mol. The van der Waals surface area contributed by atoms with Gasteiger partial charge in [0.15, 0.2) is 5.78 Å². The molecule has 0 aliphatic carbocycles. The minimum Gasteiger partial charge on any atom is -0.289 e. The molecule has 0 unspecified atom stereocenters. The highest BCUT2D eigenvalue weighted by Gasteiger charge is 2.15. The van der Waals surface area contributed by atoms with E-state index in [1.54, 1.807) is 30.8 Å². The number of thioether (sulfide) groups is 1. The summed E-state index contributed by atoms with van der Waals surface area (Å²) in [4.78, 5) is 13.4. The Labute approximate surface area is 120 Å². The molecule has 0 aliphatic rings. The summed E-state index contributed by atoms with van der Waals surface area (Å²) in [5, 5.41) is 0.141. The van der Waals surface area contributed by atoms with Gasteiger partial charge in [0.1, 0.15) is 5.82 Å². The average molecular weight is 295 g/mol. The zero-order valence-electron chi connectivity index (χ0n) is 10.5. The fourth-order valence-corrected chi connectivity index (χ4v) is 2.37. The van der Waals surface area contributed by atoms with Crippen LogP contribution in [0, 0.1) is 12.7 Å². The van der Waals surface area contributed by atoms with Gasteiger partial charge in [-0.15, -0.1) is 11.8 Å². The van der Waals surface area contributed by atoms with E-state index in [2.05, 4.69) is 0 Å². The van der Waals surface area contributed by atoms with Crippen LogP contribution in [-0.2, 0) is 0 Å². The van der Waals surface area contributed by atoms with Crippen LogP contribution in [0.25, 0.3) is 0 Å². The maximum atomic E-state index is 13.3. The van der Waals surface area contributed by atoms with Gasteiger partial charge in [0.2, 0.25) is 0 Å². The Morgan fingerprint density at radius 1 is 1.21 bits per heavy atom. The second-order valence-corrected chi connectivity index (χ2v) is 5.43. The van der Waals surface area contributed by atoms with Crippen LogP contribution in [0.4, 0.5) is 4.39 Å². The third-order valence-corrected chi connectivity index (χ3v) is 3.90. The largest absolute Gasteiger partial charge is 0.289 e. The lowest BCUT2D eigenvalue weighted by atomic mass is 10.0. The van der Waals surface area contributed by atoms with Crippen molar-refractivity contribution in [3.63, 3.8) is 0 Å². The Balaban J connectivity index is 2.40. The van der Waals surface area contributed by atoms with E-state index in [0.717, 1.165) is 4.90 Å². The van der Waals surface area contributed by atoms with Gasteiger partial charge in [-0.2, -0.15) is 0 Å². The standard InChI is InChI=1S/C15H12ClFOS/c1-9-7-12(13(16)8-14(9)17)15(18)10-3-5-11(19-2)6-4-10/h3-8H,1-2H3. The third-order valence-electron chi connectivity index (χ3n) is 2.85. The highest BCUT2D eigenvalue weighted by Crippen LogP contribution is 2.24. The number of carbonyl (C=O) groups excluding carboxylic acids is 1. The second kappa shape index (κ2) is 5.76. The molecule has 0 fully saturated rings. The number of benzene rings is 2. The summed E-state index contributed by atoms with van der Waals surface area (Å²) < 4.78 is 13.3. The van der Waals surface area contributed by atoms with E-state index in [1.807, 2.05) is 18.4 Å². The van der Waals surface area contributed by atoms with Crippen LogP contribution in [0.2, 0.25) is 5.02 Å². The van der Waals surface area contributed by atoms with Gasteiger partial charge < -0.3 is 0 Å². The van der Waals surface area contributed by atoms with Gasteiger partial charge in [-0.3, -0.25) is 4.79 Å². The Kier molecular flexibility index (Phi) is 4.27. The van der Waals surface area contributed by atoms with Crippen molar-refractivity contribution in [3.8, 4) is 0 Å². The molecule has 2 aromatic carbocycles. The Bertz CT molecular complexity index is 623. The predicted molar refractivity (Wildman–Crippen MR) is 77.8 cm³/mol. The monoisotopic (exact) mass is 294 g/mol. The molecule has 0 saturated carbocycles. The summed E-state index contributed by atoms with van der Waals surface area (Å²) in [6.07, 6.45) is 1.97. The number of aryl methyl sites for hydroxylation is 1. The molecule has 0 radical (unpaired) electrons. The maximum Gasteiger partial charge on any atom is 0.194 e. The minimum atomic E-state index is -0.403. The Morgan fingerprint density at radius 2 is 1.84 bits per heavy atom. The molecular formula is C15H12ClFOS. The van der Waals surface area contributed by atoms with Crippen molar-refractivity contribution in [2.75, 3.05) is 6.26 Å². The molecule has 0 N–H and O–H groups in total. The first kappa shape index (κ1) is 14.1. The zero-order chi connectivity index (χ0) is 14.0. The Hall–Kier alpha value is -1.32. The van der Waals surface area contributed by atoms with E-state index in [1.165, 1.54) is 12.1 Å². The molecule has 0 aliphatic heterocycles. The fourth-order valence-electron chi connectivity index (χ4n) is 1.73. The van der Waals surface area contributed by atoms with Crippen LogP contribution >= 0.6 is 23.4 Å². The summed E-state index contributed by atoms with van der Waals surface area (Å²) in [6, 6.07) is 9.93. The molecule has 0 bridgehead atoms. The molecule has 0 aromatic heterocycles. The first-order chi connectivity index (χ1) is 9.02. The molecule has 4 heteroatoms. The van der Waals surface area contributed by atoms with Crippen LogP contribution in [0.5, 0.6) is 0 Å². The number of hydrogen-bond donors (Lipinski definition) is 0. The van der Waals surface area contributed by atoms with E-state index < -0.39 is 5.82 Å². The number of rotatable bonds is 3. The molecule has 0 amide bonds. The first-order valence-electron chi connectivity index (χ1n) is 5.67. The topological polar surface area (TPSA) is 17.1 Å². The lowest BCUT2D eigenvalue weighted by molar-refractivity contribution is 0.103. The van der Waals surface area contributed by atoms with Crippen molar-refractivity contribution >= 4 is 29.1 Å². The third kappa shape index (κ3) is 2.99. The number of hydrogen-bond acceptors (Lipinski definition) is 2. The van der Waals surface area contributed by atoms with E-state index in [4.69, 9.17) is 11.6 Å². The maximum absolute atomic E-state index is 13.3. The lowest BCUT2D eigenvalue weighted by Gasteiger charge is -2.06. The molecule has 98 valence electrons. The van der Waals surface area contributed by atoms with Crippen molar-refractivity contribution in [1.82, 2.24) is 0 Å². The number of halogens is 2. The van der Waals surface area contributed by atoms with E-state index in [9.17, 15) is 9.18 Å². The van der Waals surface area contributed by atoms with Crippen LogP contribution in [0.1, 0.15) is 21.5 Å². The summed E-state index contributed by atoms with van der Waals surface area (Å²) in [7, 11) is 0. The fraction of sp³-hybridized carbons (Fsp3) is 0.133. The molecule has 2 rings (SSSR count). The summed E-state index contributed by atoms with van der Waals surface area (Å²) in [5.74, 6) is -0.597. The smallest absolute Gasteiger partial charge is 0.194 e. The molecule has 0 saturated heterocycles. The van der Waals surface area contributed by atoms with Gasteiger partial charge >= 0.3 is 0 Å². The molecule has 0 heterocycles. The van der Waals surface area contributed by atoms with Crippen LogP contribution < -0.4 is 0 Å². The molecule has 0 spiro atoms. The number of carbonyl (C=O) groups is 1. The summed E-state index contributed by atoms with van der Waals surface area (Å²) >= 11 is 7.55. The Morgan fingerprint density at radius 3 is 2.42 bits per heavy atom. The first-order valence-corrected chi connectivity index (χ1v) is 7.27. The predicted octanol–water partition coefficient (Wildman–Crippen LogP) is 4.74. The zero-order valence-corrected chi connectivity index (χ0v) is 12.1. The van der Waals surface area contributed by atoms with Crippen molar-refractivity contribution in [3.05, 3.63) is 63.9 Å². The summed E-state index contributed by atoms with van der Waals surface area (Å²) in [5.41, 5.74) is 1.29. The van der Waals surface area contributed by atoms with Gasteiger partial charge in [-0.25, -0.2) is 4.39 Å². The van der Waals surface area contributed by atoms with E-state index in [-0.39, 0.29) is 10.8 Å². The quantitative estimate of drug-likeness (QED) is 0.601. The molecule has 2 aromatic rings. The second-order valence-electron chi connectivity index (χ2n) is 4.14. The van der Waals surface area contributed by atoms with E-state index >= 15 is 0 Å². The molecule has 1 nitrogen and oxygen atoms in total. The lowest BCUT2D eigenvalue weighted by Crippen LogP contribution is -2.03. The molecule has 19 heavy (non-hydrogen) atoms. The molecule has 0 atom stereocenters. The van der Waals surface area contributed by atoms with Crippen LogP contribution in [-0.4, -0.2) is 12.0 Å². The minimum absolute atomic E-state index is 0.141. The van der Waals surface area contributed by atoms with E-state index in [0.29, 0.717) is 16.7 Å². The van der Waals surface area contributed by atoms with Crippen molar-refractivity contribution in [2.45, 2.75) is 11.8 Å². The van der Waals surface area contributed by atoms with Gasteiger partial charge in [0.05, 0.1) is 5.02 Å². The van der Waals surface area contributed by atoms with Crippen molar-refractivity contribution in [2.24, 2.45) is 0 Å². The SMILES string of the molecule is CSc1ccc(C(=O)c2cc(C)c(F)cc2Cl)cc1. The normalized spacial score (nSPS) is 10.5. The van der Waals surface area contributed by atoms with Crippen LogP contribution in [0.15, 0.2) is 41.3 Å². The average Bonchev–Trinajstić information content (AvgIpc) is 2.42. The number of ketones is 1. The van der Waals surface area contributed by atoms with Gasteiger partial charge in [0.25, 0.3) is 0 Å². The van der Waals surface area contributed by atoms with Gasteiger partial charge in [0, 0.05) is 16.0 Å². The van der Waals surface area contributed by atoms with Gasteiger partial charge in [-0.05, 0) is 55.1 Å². The van der Waals surface area contributed by atoms with Crippen LogP contribution in [0.3, 0.4) is 0 Å².